The van der Waals surface area contributed by atoms with E-state index in [0.29, 0.717) is 59.6 Å². The minimum absolute atomic E-state index is 0.227. The molecule has 3 aliphatic rings. The third kappa shape index (κ3) is 6.13. The van der Waals surface area contributed by atoms with Crippen LogP contribution in [0.4, 0.5) is 22.9 Å². The van der Waals surface area contributed by atoms with Gasteiger partial charge in [0.2, 0.25) is 11.8 Å². The molecule has 11 heteroatoms. The van der Waals surface area contributed by atoms with Crippen LogP contribution in [0.2, 0.25) is 0 Å². The number of aromatic nitrogens is 2. The van der Waals surface area contributed by atoms with Crippen LogP contribution in [-0.2, 0) is 22.4 Å². The predicted octanol–water partition coefficient (Wildman–Crippen LogP) is 5.36. The van der Waals surface area contributed by atoms with Gasteiger partial charge < -0.3 is 34.5 Å². The lowest BCUT2D eigenvalue weighted by Gasteiger charge is -2.40. The van der Waals surface area contributed by atoms with Crippen molar-refractivity contribution in [3.63, 3.8) is 0 Å². The zero-order chi connectivity index (χ0) is 30.8. The first-order chi connectivity index (χ1) is 21.2. The molecule has 6 rings (SSSR count). The molecule has 2 aromatic carbocycles. The Morgan fingerprint density at radius 2 is 1.86 bits per heavy atom. The third-order valence-electron chi connectivity index (χ3n) is 8.25. The molecule has 0 saturated carbocycles. The molecule has 3 aliphatic heterocycles. The maximum atomic E-state index is 12.3. The minimum Gasteiger partial charge on any atom is -0.494 e. The fraction of sp³-hybridized carbons (Fsp3) is 0.394. The summed E-state index contributed by atoms with van der Waals surface area (Å²) in [5, 5.41) is 6.26. The summed E-state index contributed by atoms with van der Waals surface area (Å²) >= 11 is 0. The third-order valence-corrected chi connectivity index (χ3v) is 8.25. The van der Waals surface area contributed by atoms with Crippen LogP contribution in [0.15, 0.2) is 49.3 Å². The summed E-state index contributed by atoms with van der Waals surface area (Å²) in [6.07, 6.45) is 7.30. The van der Waals surface area contributed by atoms with Gasteiger partial charge in [0.1, 0.15) is 41.1 Å². The van der Waals surface area contributed by atoms with Crippen LogP contribution in [-0.4, -0.2) is 53.7 Å². The van der Waals surface area contributed by atoms with Gasteiger partial charge in [-0.05, 0) is 68.9 Å². The lowest BCUT2D eigenvalue weighted by molar-refractivity contribution is -0.135. The standard InChI is InChI=1S/C33H37N5O6/c1-5-30(39)37-22-15-23(27(41-4)16-24(22)38-11-7-6-8-12-38)36-29-18-31(35-19-34-29)43-28-14-21-13-20-9-10-32(40)42-25(20)17-26(21)44-33(28,2)3/h5,13,15-19,28H,1,6-12,14H2,2-4H3,(H,37,39)(H,34,35,36)/t28-/m0/s1. The van der Waals surface area contributed by atoms with E-state index in [1.807, 2.05) is 38.1 Å². The van der Waals surface area contributed by atoms with Crippen molar-refractivity contribution in [2.24, 2.45) is 0 Å². The van der Waals surface area contributed by atoms with Gasteiger partial charge in [0.15, 0.2) is 0 Å². The summed E-state index contributed by atoms with van der Waals surface area (Å²) < 4.78 is 23.9. The molecular formula is C33H37N5O6. The molecule has 0 aliphatic carbocycles. The van der Waals surface area contributed by atoms with Crippen LogP contribution in [0.25, 0.3) is 0 Å². The number of anilines is 4. The topological polar surface area (TPSA) is 124 Å². The van der Waals surface area contributed by atoms with E-state index in [4.69, 9.17) is 18.9 Å². The van der Waals surface area contributed by atoms with E-state index in [1.54, 1.807) is 13.2 Å². The number of esters is 1. The number of piperidine rings is 1. The molecule has 44 heavy (non-hydrogen) atoms. The number of methoxy groups -OCH3 is 1. The summed E-state index contributed by atoms with van der Waals surface area (Å²) in [4.78, 5) is 35.1. The largest absolute Gasteiger partial charge is 0.494 e. The number of hydrogen-bond acceptors (Lipinski definition) is 10. The zero-order valence-corrected chi connectivity index (χ0v) is 25.3. The Kier molecular flexibility index (Phi) is 8.03. The summed E-state index contributed by atoms with van der Waals surface area (Å²) in [5.74, 6) is 2.21. The van der Waals surface area contributed by atoms with E-state index in [-0.39, 0.29) is 18.0 Å². The molecule has 1 aromatic heterocycles. The Hall–Kier alpha value is -4.80. The number of benzene rings is 2. The molecule has 1 saturated heterocycles. The Balaban J connectivity index is 1.24. The van der Waals surface area contributed by atoms with Gasteiger partial charge in [0.05, 0.1) is 30.6 Å². The Bertz CT molecular complexity index is 1600. The Morgan fingerprint density at radius 3 is 2.64 bits per heavy atom. The molecule has 0 bridgehead atoms. The zero-order valence-electron chi connectivity index (χ0n) is 25.3. The van der Waals surface area contributed by atoms with E-state index in [2.05, 4.69) is 32.1 Å². The van der Waals surface area contributed by atoms with E-state index in [1.165, 1.54) is 18.8 Å². The molecule has 0 spiro atoms. The molecule has 1 amide bonds. The number of nitrogens with one attached hydrogen (secondary N) is 2. The number of carbonyl (C=O) groups is 2. The average molecular weight is 600 g/mol. The molecule has 1 atom stereocenters. The first-order valence-electron chi connectivity index (χ1n) is 14.9. The number of rotatable bonds is 8. The van der Waals surface area contributed by atoms with Gasteiger partial charge in [-0.1, -0.05) is 6.58 Å². The number of aryl methyl sites for hydroxylation is 1. The van der Waals surface area contributed by atoms with Crippen molar-refractivity contribution < 1.29 is 28.5 Å². The van der Waals surface area contributed by atoms with Crippen molar-refractivity contribution in [3.8, 4) is 23.1 Å². The number of amides is 1. The van der Waals surface area contributed by atoms with Gasteiger partial charge in [0, 0.05) is 37.7 Å². The highest BCUT2D eigenvalue weighted by Crippen LogP contribution is 2.42. The highest BCUT2D eigenvalue weighted by Gasteiger charge is 2.40. The summed E-state index contributed by atoms with van der Waals surface area (Å²) in [6, 6.07) is 9.35. The van der Waals surface area contributed by atoms with E-state index < -0.39 is 5.60 Å². The highest BCUT2D eigenvalue weighted by atomic mass is 16.6. The van der Waals surface area contributed by atoms with Gasteiger partial charge in [-0.15, -0.1) is 0 Å². The van der Waals surface area contributed by atoms with Gasteiger partial charge in [-0.2, -0.15) is 0 Å². The van der Waals surface area contributed by atoms with Gasteiger partial charge in [0.25, 0.3) is 0 Å². The van der Waals surface area contributed by atoms with Gasteiger partial charge >= 0.3 is 5.97 Å². The lowest BCUT2D eigenvalue weighted by Crippen LogP contribution is -2.49. The SMILES string of the molecule is C=CC(=O)Nc1cc(Nc2cc(O[C@H]3Cc4cc5c(cc4OC3(C)C)OC(=O)CC5)ncn2)c(OC)cc1N1CCCCC1. The van der Waals surface area contributed by atoms with Crippen LogP contribution in [0.1, 0.15) is 50.7 Å². The van der Waals surface area contributed by atoms with Crippen molar-refractivity contribution in [2.75, 3.05) is 35.7 Å². The summed E-state index contributed by atoms with van der Waals surface area (Å²) in [5.41, 5.74) is 3.46. The quantitative estimate of drug-likeness (QED) is 0.199. The molecule has 1 fully saturated rings. The molecule has 4 heterocycles. The van der Waals surface area contributed by atoms with Crippen LogP contribution < -0.4 is 34.5 Å². The fourth-order valence-corrected chi connectivity index (χ4v) is 5.86. The maximum absolute atomic E-state index is 12.3. The maximum Gasteiger partial charge on any atom is 0.311 e. The smallest absolute Gasteiger partial charge is 0.311 e. The molecule has 0 radical (unpaired) electrons. The van der Waals surface area contributed by atoms with Crippen LogP contribution in [0.3, 0.4) is 0 Å². The molecule has 11 nitrogen and oxygen atoms in total. The second-order valence-electron chi connectivity index (χ2n) is 11.7. The van der Waals surface area contributed by atoms with Gasteiger partial charge in [-0.25, -0.2) is 9.97 Å². The second kappa shape index (κ2) is 12.1. The first-order valence-corrected chi connectivity index (χ1v) is 14.9. The Morgan fingerprint density at radius 1 is 1.05 bits per heavy atom. The summed E-state index contributed by atoms with van der Waals surface area (Å²) in [7, 11) is 1.61. The molecular weight excluding hydrogens is 562 g/mol. The van der Waals surface area contributed by atoms with Crippen molar-refractivity contribution in [1.29, 1.82) is 0 Å². The number of carbonyl (C=O) groups excluding carboxylic acids is 2. The molecule has 2 N–H and O–H groups in total. The number of ether oxygens (including phenoxy) is 4. The van der Waals surface area contributed by atoms with Gasteiger partial charge in [-0.3, -0.25) is 9.59 Å². The van der Waals surface area contributed by atoms with Crippen LogP contribution >= 0.6 is 0 Å². The van der Waals surface area contributed by atoms with Crippen molar-refractivity contribution >= 4 is 34.8 Å². The van der Waals surface area contributed by atoms with E-state index in [9.17, 15) is 9.59 Å². The highest BCUT2D eigenvalue weighted by molar-refractivity contribution is 6.02. The first kappa shape index (κ1) is 29.3. The van der Waals surface area contributed by atoms with Crippen molar-refractivity contribution in [1.82, 2.24) is 9.97 Å². The lowest BCUT2D eigenvalue weighted by atomic mass is 9.89. The fourth-order valence-electron chi connectivity index (χ4n) is 5.86. The number of fused-ring (bicyclic) bond motifs is 2. The van der Waals surface area contributed by atoms with E-state index in [0.717, 1.165) is 42.7 Å². The van der Waals surface area contributed by atoms with Crippen molar-refractivity contribution in [3.05, 3.63) is 60.4 Å². The Labute approximate surface area is 256 Å². The molecule has 3 aromatic rings. The number of hydrogen-bond donors (Lipinski definition) is 2. The number of nitrogens with zero attached hydrogens (tertiary/aromatic N) is 3. The van der Waals surface area contributed by atoms with Crippen LogP contribution in [0, 0.1) is 0 Å². The normalized spacial score (nSPS) is 18.6. The monoisotopic (exact) mass is 599 g/mol. The van der Waals surface area contributed by atoms with E-state index >= 15 is 0 Å². The predicted molar refractivity (Wildman–Crippen MR) is 166 cm³/mol. The molecule has 230 valence electrons. The average Bonchev–Trinajstić information content (AvgIpc) is 3.01. The summed E-state index contributed by atoms with van der Waals surface area (Å²) in [6.45, 7) is 9.33. The van der Waals surface area contributed by atoms with Crippen molar-refractivity contribution in [2.45, 2.75) is 64.1 Å². The second-order valence-corrected chi connectivity index (χ2v) is 11.7. The van der Waals surface area contributed by atoms with Crippen LogP contribution in [0.5, 0.6) is 23.1 Å². The minimum atomic E-state index is -0.690. The molecule has 0 unspecified atom stereocenters.